The second-order valence-electron chi connectivity index (χ2n) is 5.70. The first-order valence-electron chi connectivity index (χ1n) is 6.95. The predicted octanol–water partition coefficient (Wildman–Crippen LogP) is 2.91. The maximum Gasteiger partial charge on any atom is 0.248 e. The molecule has 1 aromatic carbocycles. The second-order valence-corrected chi connectivity index (χ2v) is 5.70. The molecule has 0 aliphatic carbocycles. The molecule has 0 radical (unpaired) electrons. The largest absolute Gasteiger partial charge is 0.388 e. The highest BCUT2D eigenvalue weighted by Gasteiger charge is 2.26. The van der Waals surface area contributed by atoms with E-state index >= 15 is 0 Å². The first-order chi connectivity index (χ1) is 9.45. The Morgan fingerprint density at radius 1 is 1.25 bits per heavy atom. The lowest BCUT2D eigenvalue weighted by Gasteiger charge is -2.26. The first kappa shape index (κ1) is 14.6. The van der Waals surface area contributed by atoms with Crippen molar-refractivity contribution in [2.45, 2.75) is 19.9 Å². The van der Waals surface area contributed by atoms with Crippen LogP contribution in [0.5, 0.6) is 0 Å². The zero-order valence-corrected chi connectivity index (χ0v) is 12.8. The number of carbonyl (C=O) groups excluding carboxylic acids is 1. The van der Waals surface area contributed by atoms with Crippen LogP contribution in [0, 0.1) is 5.92 Å². The molecule has 108 valence electrons. The van der Waals surface area contributed by atoms with Gasteiger partial charge in [-0.1, -0.05) is 13.8 Å². The Bertz CT molecular complexity index is 605. The molecular weight excluding hydrogens is 250 g/mol. The quantitative estimate of drug-likeness (QED) is 0.930. The number of nitrogens with zero attached hydrogens (tertiary/aromatic N) is 2. The number of aromatic nitrogens is 1. The van der Waals surface area contributed by atoms with Crippen molar-refractivity contribution in [1.29, 1.82) is 0 Å². The lowest BCUT2D eigenvalue weighted by molar-refractivity contribution is 0.0743. The van der Waals surface area contributed by atoms with Gasteiger partial charge >= 0.3 is 0 Å². The zero-order valence-electron chi connectivity index (χ0n) is 12.8. The van der Waals surface area contributed by atoms with Crippen molar-refractivity contribution < 1.29 is 4.79 Å². The Balaban J connectivity index is 2.44. The van der Waals surface area contributed by atoms with Crippen LogP contribution in [0.2, 0.25) is 0 Å². The maximum absolute atomic E-state index is 12.8. The van der Waals surface area contributed by atoms with Crippen molar-refractivity contribution in [3.05, 3.63) is 30.5 Å². The third kappa shape index (κ3) is 2.56. The van der Waals surface area contributed by atoms with Gasteiger partial charge in [0.1, 0.15) is 0 Å². The molecule has 20 heavy (non-hydrogen) atoms. The third-order valence-electron chi connectivity index (χ3n) is 3.66. The van der Waals surface area contributed by atoms with E-state index in [9.17, 15) is 4.79 Å². The van der Waals surface area contributed by atoms with E-state index in [2.05, 4.69) is 25.2 Å². The molecule has 0 saturated heterocycles. The molecule has 0 aliphatic rings. The molecule has 0 fully saturated rings. The Morgan fingerprint density at radius 2 is 1.95 bits per heavy atom. The average molecular weight is 273 g/mol. The lowest BCUT2D eigenvalue weighted by atomic mass is 10.0. The minimum Gasteiger partial charge on any atom is -0.388 e. The van der Waals surface area contributed by atoms with Crippen LogP contribution in [-0.4, -0.2) is 42.6 Å². The smallest absolute Gasteiger partial charge is 0.248 e. The van der Waals surface area contributed by atoms with Gasteiger partial charge in [-0.2, -0.15) is 0 Å². The number of nitrogens with one attached hydrogen (secondary N) is 1. The van der Waals surface area contributed by atoms with Gasteiger partial charge in [-0.25, -0.2) is 0 Å². The van der Waals surface area contributed by atoms with E-state index in [0.717, 1.165) is 16.6 Å². The minimum absolute atomic E-state index is 0.116. The topological polar surface area (TPSA) is 37.3 Å². The number of benzene rings is 1. The van der Waals surface area contributed by atoms with Crippen molar-refractivity contribution in [3.8, 4) is 0 Å². The van der Waals surface area contributed by atoms with E-state index in [4.69, 9.17) is 0 Å². The van der Waals surface area contributed by atoms with E-state index in [1.54, 1.807) is 4.57 Å². The highest BCUT2D eigenvalue weighted by Crippen LogP contribution is 2.22. The number of carbonyl (C=O) groups is 1. The molecule has 1 atom stereocenters. The molecule has 0 saturated carbocycles. The number of likely N-dealkylation sites (N-methyl/N-ethyl adjacent to an activating group) is 1. The zero-order chi connectivity index (χ0) is 14.9. The van der Waals surface area contributed by atoms with Gasteiger partial charge in [-0.05, 0) is 44.3 Å². The SMILES string of the molecule is CNc1ccc2c(ccn2C(=O)[C@@H](C(C)C)N(C)C)c1. The van der Waals surface area contributed by atoms with E-state index in [1.807, 2.05) is 50.4 Å². The highest BCUT2D eigenvalue weighted by atomic mass is 16.2. The Labute approximate surface area is 120 Å². The van der Waals surface area contributed by atoms with E-state index in [-0.39, 0.29) is 17.9 Å². The van der Waals surface area contributed by atoms with Crippen LogP contribution in [0.1, 0.15) is 18.6 Å². The molecule has 0 bridgehead atoms. The molecule has 0 amide bonds. The molecule has 0 spiro atoms. The van der Waals surface area contributed by atoms with Gasteiger partial charge in [0.25, 0.3) is 0 Å². The van der Waals surface area contributed by atoms with E-state index in [0.29, 0.717) is 0 Å². The Morgan fingerprint density at radius 3 is 2.50 bits per heavy atom. The summed E-state index contributed by atoms with van der Waals surface area (Å²) in [6.45, 7) is 4.15. The summed E-state index contributed by atoms with van der Waals surface area (Å²) in [6, 6.07) is 7.91. The highest BCUT2D eigenvalue weighted by molar-refractivity contribution is 5.96. The second kappa shape index (κ2) is 5.67. The normalized spacial score (nSPS) is 13.2. The molecule has 4 nitrogen and oxygen atoms in total. The summed E-state index contributed by atoms with van der Waals surface area (Å²) < 4.78 is 1.76. The fourth-order valence-electron chi connectivity index (χ4n) is 2.74. The fourth-order valence-corrected chi connectivity index (χ4v) is 2.74. The Kier molecular flexibility index (Phi) is 4.14. The fraction of sp³-hybridized carbons (Fsp3) is 0.438. The summed E-state index contributed by atoms with van der Waals surface area (Å²) in [4.78, 5) is 14.7. The molecule has 2 rings (SSSR count). The Hall–Kier alpha value is -1.81. The number of fused-ring (bicyclic) bond motifs is 1. The van der Waals surface area contributed by atoms with Crippen molar-refractivity contribution in [1.82, 2.24) is 9.47 Å². The van der Waals surface area contributed by atoms with Gasteiger partial charge in [0.15, 0.2) is 0 Å². The van der Waals surface area contributed by atoms with Crippen LogP contribution in [0.4, 0.5) is 5.69 Å². The van der Waals surface area contributed by atoms with Crippen molar-refractivity contribution in [3.63, 3.8) is 0 Å². The van der Waals surface area contributed by atoms with Crippen LogP contribution in [0.3, 0.4) is 0 Å². The first-order valence-corrected chi connectivity index (χ1v) is 6.95. The molecule has 0 aliphatic heterocycles. The summed E-state index contributed by atoms with van der Waals surface area (Å²) in [5, 5.41) is 4.19. The van der Waals surface area contributed by atoms with Crippen molar-refractivity contribution >= 4 is 22.5 Å². The summed E-state index contributed by atoms with van der Waals surface area (Å²) in [5.41, 5.74) is 2.01. The van der Waals surface area contributed by atoms with Gasteiger partial charge in [0.05, 0.1) is 11.6 Å². The van der Waals surface area contributed by atoms with E-state index < -0.39 is 0 Å². The van der Waals surface area contributed by atoms with Gasteiger partial charge in [0, 0.05) is 24.3 Å². The molecular formula is C16H23N3O. The van der Waals surface area contributed by atoms with Crippen molar-refractivity contribution in [2.75, 3.05) is 26.5 Å². The number of rotatable bonds is 4. The number of hydrogen-bond donors (Lipinski definition) is 1. The number of hydrogen-bond acceptors (Lipinski definition) is 3. The summed E-state index contributed by atoms with van der Waals surface area (Å²) in [6.07, 6.45) is 1.87. The summed E-state index contributed by atoms with van der Waals surface area (Å²) in [5.74, 6) is 0.392. The molecule has 0 unspecified atom stereocenters. The summed E-state index contributed by atoms with van der Waals surface area (Å²) in [7, 11) is 5.80. The van der Waals surface area contributed by atoms with Gasteiger partial charge < -0.3 is 5.32 Å². The third-order valence-corrected chi connectivity index (χ3v) is 3.66. The van der Waals surface area contributed by atoms with E-state index in [1.165, 1.54) is 0 Å². The van der Waals surface area contributed by atoms with Gasteiger partial charge in [-0.3, -0.25) is 14.3 Å². The number of anilines is 1. The molecule has 1 heterocycles. The standard InChI is InChI=1S/C16H23N3O/c1-11(2)15(18(4)5)16(20)19-9-8-12-10-13(17-3)6-7-14(12)19/h6-11,15,17H,1-5H3/t15-/m1/s1. The monoisotopic (exact) mass is 273 g/mol. The van der Waals surface area contributed by atoms with Crippen LogP contribution in [0.25, 0.3) is 10.9 Å². The maximum atomic E-state index is 12.8. The van der Waals surface area contributed by atoms with Crippen molar-refractivity contribution in [2.24, 2.45) is 5.92 Å². The van der Waals surface area contributed by atoms with Gasteiger partial charge in [-0.15, -0.1) is 0 Å². The van der Waals surface area contributed by atoms with Gasteiger partial charge in [0.2, 0.25) is 5.91 Å². The molecule has 4 heteroatoms. The van der Waals surface area contributed by atoms with Crippen LogP contribution >= 0.6 is 0 Å². The van der Waals surface area contributed by atoms with Crippen LogP contribution in [-0.2, 0) is 0 Å². The lowest BCUT2D eigenvalue weighted by Crippen LogP contribution is -2.42. The molecule has 2 aromatic rings. The average Bonchev–Trinajstić information content (AvgIpc) is 2.80. The van der Waals surface area contributed by atoms with Crippen LogP contribution in [0.15, 0.2) is 30.5 Å². The predicted molar refractivity (Wildman–Crippen MR) is 84.4 cm³/mol. The molecule has 1 aromatic heterocycles. The minimum atomic E-state index is -0.116. The molecule has 1 N–H and O–H groups in total. The summed E-state index contributed by atoms with van der Waals surface area (Å²) >= 11 is 0. The van der Waals surface area contributed by atoms with Crippen LogP contribution < -0.4 is 5.32 Å².